The van der Waals surface area contributed by atoms with Crippen molar-refractivity contribution in [2.24, 2.45) is 0 Å². The number of carbonyl (C=O) groups excluding carboxylic acids is 2. The van der Waals surface area contributed by atoms with Crippen LogP contribution in [0.2, 0.25) is 0 Å². The number of rotatable bonds is 7. The Bertz CT molecular complexity index is 1060. The van der Waals surface area contributed by atoms with Gasteiger partial charge >= 0.3 is 0 Å². The number of amides is 2. The molecule has 0 unspecified atom stereocenters. The fraction of sp³-hybridized carbons (Fsp3) is 0.360. The molecule has 0 atom stereocenters. The summed E-state index contributed by atoms with van der Waals surface area (Å²) in [5.41, 5.74) is 1.75. The number of thioether (sulfide) groups is 1. The molecule has 3 aromatic rings. The standard InChI is InChI=1S/C25H28N2O2S2/c1-27(19-9-3-2-4-10-19)24(28)17-31-23-14-8-6-12-21(23)25(29)26-15-18-16-30-22-13-7-5-11-20(18)22/h5-8,11-14,16,19H,2-4,9-10,15,17H2,1H3,(H,26,29). The third kappa shape index (κ3) is 5.31. The Labute approximate surface area is 192 Å². The molecule has 1 fully saturated rings. The summed E-state index contributed by atoms with van der Waals surface area (Å²) < 4.78 is 1.23. The van der Waals surface area contributed by atoms with E-state index < -0.39 is 0 Å². The monoisotopic (exact) mass is 452 g/mol. The minimum Gasteiger partial charge on any atom is -0.348 e. The molecule has 0 radical (unpaired) electrons. The number of hydrogen-bond donors (Lipinski definition) is 1. The lowest BCUT2D eigenvalue weighted by Crippen LogP contribution is -2.39. The first-order valence-electron chi connectivity index (χ1n) is 10.8. The van der Waals surface area contributed by atoms with Gasteiger partial charge in [0, 0.05) is 29.2 Å². The lowest BCUT2D eigenvalue weighted by Gasteiger charge is -2.31. The molecule has 1 aliphatic rings. The third-order valence-corrected chi connectivity index (χ3v) is 8.07. The molecule has 1 N–H and O–H groups in total. The van der Waals surface area contributed by atoms with Crippen molar-refractivity contribution in [1.29, 1.82) is 0 Å². The van der Waals surface area contributed by atoms with Crippen LogP contribution in [0.5, 0.6) is 0 Å². The zero-order valence-electron chi connectivity index (χ0n) is 17.8. The van der Waals surface area contributed by atoms with E-state index in [0.29, 0.717) is 23.9 Å². The fourth-order valence-corrected chi connectivity index (χ4v) is 6.07. The summed E-state index contributed by atoms with van der Waals surface area (Å²) in [5, 5.41) is 6.34. The Morgan fingerprint density at radius 2 is 1.81 bits per heavy atom. The van der Waals surface area contributed by atoms with Crippen molar-refractivity contribution >= 4 is 45.0 Å². The van der Waals surface area contributed by atoms with E-state index in [0.717, 1.165) is 23.3 Å². The van der Waals surface area contributed by atoms with Gasteiger partial charge in [0.2, 0.25) is 5.91 Å². The normalized spacial score (nSPS) is 14.5. The Morgan fingerprint density at radius 1 is 1.06 bits per heavy atom. The summed E-state index contributed by atoms with van der Waals surface area (Å²) >= 11 is 3.14. The van der Waals surface area contributed by atoms with Crippen molar-refractivity contribution in [3.63, 3.8) is 0 Å². The maximum Gasteiger partial charge on any atom is 0.252 e. The van der Waals surface area contributed by atoms with Gasteiger partial charge in [-0.05, 0) is 47.4 Å². The molecular weight excluding hydrogens is 424 g/mol. The predicted octanol–water partition coefficient (Wildman–Crippen LogP) is 5.71. The lowest BCUT2D eigenvalue weighted by atomic mass is 9.94. The van der Waals surface area contributed by atoms with Gasteiger partial charge in [-0.2, -0.15) is 0 Å². The zero-order chi connectivity index (χ0) is 21.6. The van der Waals surface area contributed by atoms with E-state index in [1.807, 2.05) is 48.3 Å². The highest BCUT2D eigenvalue weighted by Crippen LogP contribution is 2.27. The van der Waals surface area contributed by atoms with Crippen molar-refractivity contribution < 1.29 is 9.59 Å². The minimum absolute atomic E-state index is 0.105. The summed E-state index contributed by atoms with van der Waals surface area (Å²) in [7, 11) is 1.92. The highest BCUT2D eigenvalue weighted by atomic mass is 32.2. The largest absolute Gasteiger partial charge is 0.348 e. The Hall–Kier alpha value is -2.31. The summed E-state index contributed by atoms with van der Waals surface area (Å²) in [4.78, 5) is 28.4. The maximum absolute atomic E-state index is 12.9. The maximum atomic E-state index is 12.9. The van der Waals surface area contributed by atoms with Crippen molar-refractivity contribution in [1.82, 2.24) is 10.2 Å². The fourth-order valence-electron chi connectivity index (χ4n) is 4.13. The summed E-state index contributed by atoms with van der Waals surface area (Å²) in [6.45, 7) is 0.491. The highest BCUT2D eigenvalue weighted by molar-refractivity contribution is 8.00. The van der Waals surface area contributed by atoms with Gasteiger partial charge in [-0.1, -0.05) is 49.6 Å². The van der Waals surface area contributed by atoms with Crippen LogP contribution in [0, 0.1) is 0 Å². The van der Waals surface area contributed by atoms with Crippen LogP contribution in [-0.2, 0) is 11.3 Å². The van der Waals surface area contributed by atoms with Gasteiger partial charge in [0.15, 0.2) is 0 Å². The molecule has 2 amide bonds. The van der Waals surface area contributed by atoms with E-state index in [4.69, 9.17) is 0 Å². The van der Waals surface area contributed by atoms with Crippen molar-refractivity contribution in [3.05, 3.63) is 65.0 Å². The summed E-state index contributed by atoms with van der Waals surface area (Å²) in [6.07, 6.45) is 5.89. The number of hydrogen-bond acceptors (Lipinski definition) is 4. The number of carbonyl (C=O) groups is 2. The molecule has 4 nitrogen and oxygen atoms in total. The van der Waals surface area contributed by atoms with Gasteiger partial charge in [0.1, 0.15) is 0 Å². The van der Waals surface area contributed by atoms with Gasteiger partial charge in [-0.15, -0.1) is 23.1 Å². The first-order valence-corrected chi connectivity index (χ1v) is 12.7. The second kappa shape index (κ2) is 10.3. The average Bonchev–Trinajstić information content (AvgIpc) is 3.24. The zero-order valence-corrected chi connectivity index (χ0v) is 19.4. The molecule has 0 spiro atoms. The summed E-state index contributed by atoms with van der Waals surface area (Å²) in [5.74, 6) is 0.384. The number of fused-ring (bicyclic) bond motifs is 1. The van der Waals surface area contributed by atoms with Crippen LogP contribution >= 0.6 is 23.1 Å². The van der Waals surface area contributed by atoms with Gasteiger partial charge in [0.25, 0.3) is 5.91 Å². The lowest BCUT2D eigenvalue weighted by molar-refractivity contribution is -0.129. The SMILES string of the molecule is CN(C(=O)CSc1ccccc1C(=O)NCc1csc2ccccc12)C1CCCCC1. The smallest absolute Gasteiger partial charge is 0.252 e. The molecule has 0 aliphatic heterocycles. The van der Waals surface area contributed by atoms with E-state index in [1.165, 1.54) is 41.1 Å². The first-order chi connectivity index (χ1) is 15.1. The second-order valence-corrected chi connectivity index (χ2v) is 9.95. The Morgan fingerprint density at radius 3 is 2.65 bits per heavy atom. The molecule has 1 heterocycles. The molecule has 6 heteroatoms. The van der Waals surface area contributed by atoms with Crippen LogP contribution < -0.4 is 5.32 Å². The number of thiophene rings is 1. The van der Waals surface area contributed by atoms with Crippen LogP contribution in [-0.4, -0.2) is 35.6 Å². The molecule has 0 saturated heterocycles. The summed E-state index contributed by atoms with van der Waals surface area (Å²) in [6, 6.07) is 16.1. The van der Waals surface area contributed by atoms with Crippen LogP contribution in [0.25, 0.3) is 10.1 Å². The van der Waals surface area contributed by atoms with Gasteiger partial charge in [-0.3, -0.25) is 9.59 Å². The molecular formula is C25H28N2O2S2. The molecule has 4 rings (SSSR count). The molecule has 0 bridgehead atoms. The quantitative estimate of drug-likeness (QED) is 0.467. The number of benzene rings is 2. The molecule has 162 valence electrons. The van der Waals surface area contributed by atoms with Crippen LogP contribution in [0.4, 0.5) is 0 Å². The van der Waals surface area contributed by atoms with E-state index >= 15 is 0 Å². The van der Waals surface area contributed by atoms with Gasteiger partial charge < -0.3 is 10.2 Å². The average molecular weight is 453 g/mol. The molecule has 1 aliphatic carbocycles. The first kappa shape index (κ1) is 21.9. The molecule has 1 aromatic heterocycles. The van der Waals surface area contributed by atoms with Crippen LogP contribution in [0.1, 0.15) is 48.0 Å². The Balaban J connectivity index is 1.37. The number of nitrogens with zero attached hydrogens (tertiary/aromatic N) is 1. The van der Waals surface area contributed by atoms with Crippen molar-refractivity contribution in [3.8, 4) is 0 Å². The predicted molar refractivity (Wildman–Crippen MR) is 130 cm³/mol. The highest BCUT2D eigenvalue weighted by Gasteiger charge is 2.22. The van der Waals surface area contributed by atoms with E-state index in [2.05, 4.69) is 22.8 Å². The molecule has 2 aromatic carbocycles. The van der Waals surface area contributed by atoms with Crippen LogP contribution in [0.3, 0.4) is 0 Å². The molecule has 1 saturated carbocycles. The van der Waals surface area contributed by atoms with E-state index in [-0.39, 0.29) is 11.8 Å². The van der Waals surface area contributed by atoms with Gasteiger partial charge in [0.05, 0.1) is 11.3 Å². The van der Waals surface area contributed by atoms with E-state index in [9.17, 15) is 9.59 Å². The third-order valence-electron chi connectivity index (χ3n) is 6.00. The minimum atomic E-state index is -0.105. The van der Waals surface area contributed by atoms with Gasteiger partial charge in [-0.25, -0.2) is 0 Å². The van der Waals surface area contributed by atoms with Crippen molar-refractivity contribution in [2.75, 3.05) is 12.8 Å². The number of nitrogens with one attached hydrogen (secondary N) is 1. The molecule has 31 heavy (non-hydrogen) atoms. The topological polar surface area (TPSA) is 49.4 Å². The van der Waals surface area contributed by atoms with E-state index in [1.54, 1.807) is 11.3 Å². The Kier molecular flexibility index (Phi) is 7.30. The second-order valence-electron chi connectivity index (χ2n) is 8.02. The van der Waals surface area contributed by atoms with Crippen molar-refractivity contribution in [2.45, 2.75) is 49.6 Å². The van der Waals surface area contributed by atoms with Crippen LogP contribution in [0.15, 0.2) is 58.8 Å².